The molecule has 0 spiro atoms. The van der Waals surface area contributed by atoms with E-state index < -0.39 is 11.7 Å². The first-order valence-corrected chi connectivity index (χ1v) is 6.27. The molecule has 110 valence electrons. The summed E-state index contributed by atoms with van der Waals surface area (Å²) in [5.74, 6) is 0.0394. The number of carbonyl (C=O) groups is 1. The molecule has 4 N–H and O–H groups in total. The lowest BCUT2D eigenvalue weighted by molar-refractivity contribution is -0.0195. The average Bonchev–Trinajstić information content (AvgIpc) is 2.43. The van der Waals surface area contributed by atoms with Crippen LogP contribution in [0, 0.1) is 5.41 Å². The Hall–Kier alpha value is -2.08. The zero-order chi connectivity index (χ0) is 15.2. The third-order valence-electron chi connectivity index (χ3n) is 2.91. The van der Waals surface area contributed by atoms with Gasteiger partial charge in [0.15, 0.2) is 0 Å². The Balaban J connectivity index is 2.55. The highest BCUT2D eigenvalue weighted by Gasteiger charge is 2.21. The number of carbonyl (C=O) groups excluding carboxylic acids is 1. The molecule has 0 aromatic heterocycles. The van der Waals surface area contributed by atoms with E-state index in [9.17, 15) is 4.79 Å². The molecule has 0 aliphatic rings. The lowest BCUT2D eigenvalue weighted by Gasteiger charge is -2.26. The summed E-state index contributed by atoms with van der Waals surface area (Å²) in [5.41, 5.74) is 6.57. The van der Waals surface area contributed by atoms with E-state index in [1.165, 1.54) is 7.11 Å². The SMILES string of the molecule is COC(=O)NCCOC(C)(C)c1ccc(C(=N)N)cc1. The van der Waals surface area contributed by atoms with Gasteiger partial charge in [-0.1, -0.05) is 24.3 Å². The summed E-state index contributed by atoms with van der Waals surface area (Å²) < 4.78 is 10.2. The van der Waals surface area contributed by atoms with Crippen LogP contribution in [0.25, 0.3) is 0 Å². The molecule has 0 fully saturated rings. The Morgan fingerprint density at radius 3 is 2.45 bits per heavy atom. The van der Waals surface area contributed by atoms with Crippen molar-refractivity contribution in [2.45, 2.75) is 19.4 Å². The smallest absolute Gasteiger partial charge is 0.406 e. The molecule has 0 atom stereocenters. The van der Waals surface area contributed by atoms with Gasteiger partial charge in [0.25, 0.3) is 0 Å². The van der Waals surface area contributed by atoms with Crippen molar-refractivity contribution in [3.05, 3.63) is 35.4 Å². The van der Waals surface area contributed by atoms with E-state index in [1.807, 2.05) is 26.0 Å². The number of benzene rings is 1. The average molecular weight is 279 g/mol. The van der Waals surface area contributed by atoms with Crippen LogP contribution in [0.15, 0.2) is 24.3 Å². The number of nitrogens with two attached hydrogens (primary N) is 1. The van der Waals surface area contributed by atoms with Gasteiger partial charge in [-0.25, -0.2) is 4.79 Å². The lowest BCUT2D eigenvalue weighted by atomic mass is 9.97. The lowest BCUT2D eigenvalue weighted by Crippen LogP contribution is -2.31. The number of methoxy groups -OCH3 is 1. The van der Waals surface area contributed by atoms with Crippen LogP contribution in [0.5, 0.6) is 0 Å². The molecule has 6 heteroatoms. The predicted molar refractivity (Wildman–Crippen MR) is 76.8 cm³/mol. The summed E-state index contributed by atoms with van der Waals surface area (Å²) in [7, 11) is 1.32. The minimum Gasteiger partial charge on any atom is -0.453 e. The van der Waals surface area contributed by atoms with E-state index in [-0.39, 0.29) is 5.84 Å². The summed E-state index contributed by atoms with van der Waals surface area (Å²) in [6.07, 6.45) is -0.475. The molecule has 0 saturated heterocycles. The number of alkyl carbamates (subject to hydrolysis) is 1. The second kappa shape index (κ2) is 6.91. The number of amides is 1. The molecule has 0 saturated carbocycles. The van der Waals surface area contributed by atoms with Gasteiger partial charge in [0.1, 0.15) is 5.84 Å². The molecule has 0 aliphatic carbocycles. The third-order valence-corrected chi connectivity index (χ3v) is 2.91. The minimum absolute atomic E-state index is 0.0394. The van der Waals surface area contributed by atoms with Crippen molar-refractivity contribution < 1.29 is 14.3 Å². The molecule has 0 bridgehead atoms. The standard InChI is InChI=1S/C14H21N3O3/c1-14(2,20-9-8-17-13(18)19-3)11-6-4-10(5-7-11)12(15)16/h4-7H,8-9H2,1-3H3,(H3,15,16)(H,17,18). The Morgan fingerprint density at radius 1 is 1.35 bits per heavy atom. The van der Waals surface area contributed by atoms with Crippen LogP contribution in [0.3, 0.4) is 0 Å². The molecular weight excluding hydrogens is 258 g/mol. The van der Waals surface area contributed by atoms with Crippen LogP contribution in [0.1, 0.15) is 25.0 Å². The van der Waals surface area contributed by atoms with E-state index in [4.69, 9.17) is 15.9 Å². The topological polar surface area (TPSA) is 97.4 Å². The van der Waals surface area contributed by atoms with Crippen LogP contribution in [-0.2, 0) is 15.1 Å². The molecule has 1 aromatic rings. The van der Waals surface area contributed by atoms with E-state index >= 15 is 0 Å². The Bertz CT molecular complexity index is 469. The van der Waals surface area contributed by atoms with Gasteiger partial charge in [-0.2, -0.15) is 0 Å². The van der Waals surface area contributed by atoms with Gasteiger partial charge >= 0.3 is 6.09 Å². The van der Waals surface area contributed by atoms with Gasteiger partial charge in [0.2, 0.25) is 0 Å². The van der Waals surface area contributed by atoms with Crippen LogP contribution in [0.4, 0.5) is 4.79 Å². The first kappa shape index (κ1) is 16.0. The fourth-order valence-electron chi connectivity index (χ4n) is 1.67. The van der Waals surface area contributed by atoms with E-state index in [0.717, 1.165) is 5.56 Å². The first-order valence-electron chi connectivity index (χ1n) is 6.27. The second-order valence-electron chi connectivity index (χ2n) is 4.77. The Kier molecular flexibility index (Phi) is 5.52. The van der Waals surface area contributed by atoms with Crippen molar-refractivity contribution in [2.75, 3.05) is 20.3 Å². The van der Waals surface area contributed by atoms with Crippen LogP contribution in [0.2, 0.25) is 0 Å². The largest absolute Gasteiger partial charge is 0.453 e. The predicted octanol–water partition coefficient (Wildman–Crippen LogP) is 1.58. The van der Waals surface area contributed by atoms with Gasteiger partial charge in [0, 0.05) is 12.1 Å². The summed E-state index contributed by atoms with van der Waals surface area (Å²) >= 11 is 0. The summed E-state index contributed by atoms with van der Waals surface area (Å²) in [6, 6.07) is 7.33. The van der Waals surface area contributed by atoms with Crippen LogP contribution in [-0.4, -0.2) is 32.2 Å². The number of ether oxygens (including phenoxy) is 2. The Morgan fingerprint density at radius 2 is 1.95 bits per heavy atom. The minimum atomic E-state index is -0.493. The maximum Gasteiger partial charge on any atom is 0.406 e. The number of hydrogen-bond donors (Lipinski definition) is 3. The van der Waals surface area contributed by atoms with Gasteiger partial charge in [-0.05, 0) is 19.4 Å². The zero-order valence-electron chi connectivity index (χ0n) is 12.0. The van der Waals surface area contributed by atoms with Crippen molar-refractivity contribution in [3.63, 3.8) is 0 Å². The molecule has 1 rings (SSSR count). The third kappa shape index (κ3) is 4.55. The molecule has 1 amide bonds. The quantitative estimate of drug-likeness (QED) is 0.418. The van der Waals surface area contributed by atoms with E-state index in [2.05, 4.69) is 10.1 Å². The van der Waals surface area contributed by atoms with Crippen molar-refractivity contribution in [2.24, 2.45) is 5.73 Å². The van der Waals surface area contributed by atoms with Crippen molar-refractivity contribution >= 4 is 11.9 Å². The van der Waals surface area contributed by atoms with Gasteiger partial charge in [0.05, 0.1) is 19.3 Å². The van der Waals surface area contributed by atoms with E-state index in [1.54, 1.807) is 12.1 Å². The maximum absolute atomic E-state index is 10.9. The second-order valence-corrected chi connectivity index (χ2v) is 4.77. The monoisotopic (exact) mass is 279 g/mol. The number of amidine groups is 1. The normalized spacial score (nSPS) is 10.9. The number of hydrogen-bond acceptors (Lipinski definition) is 4. The number of rotatable bonds is 6. The van der Waals surface area contributed by atoms with Gasteiger partial charge < -0.3 is 20.5 Å². The van der Waals surface area contributed by atoms with Gasteiger partial charge in [-0.3, -0.25) is 5.41 Å². The molecule has 1 aromatic carbocycles. The van der Waals surface area contributed by atoms with Crippen molar-refractivity contribution in [1.82, 2.24) is 5.32 Å². The van der Waals surface area contributed by atoms with Crippen LogP contribution < -0.4 is 11.1 Å². The van der Waals surface area contributed by atoms with Crippen LogP contribution >= 0.6 is 0 Å². The fourth-order valence-corrected chi connectivity index (χ4v) is 1.67. The highest BCUT2D eigenvalue weighted by molar-refractivity contribution is 5.94. The fraction of sp³-hybridized carbons (Fsp3) is 0.429. The molecule has 0 radical (unpaired) electrons. The van der Waals surface area contributed by atoms with Crippen molar-refractivity contribution in [1.29, 1.82) is 5.41 Å². The molecule has 0 heterocycles. The van der Waals surface area contributed by atoms with E-state index in [0.29, 0.717) is 18.7 Å². The summed E-state index contributed by atoms with van der Waals surface area (Å²) in [5, 5.41) is 9.90. The highest BCUT2D eigenvalue weighted by Crippen LogP contribution is 2.24. The molecule has 0 unspecified atom stereocenters. The molecule has 0 aliphatic heterocycles. The number of nitrogen functional groups attached to an aromatic ring is 1. The summed E-state index contributed by atoms with van der Waals surface area (Å²) in [4.78, 5) is 10.9. The van der Waals surface area contributed by atoms with Crippen molar-refractivity contribution in [3.8, 4) is 0 Å². The first-order chi connectivity index (χ1) is 9.36. The summed E-state index contributed by atoms with van der Waals surface area (Å²) in [6.45, 7) is 4.63. The molecular formula is C14H21N3O3. The maximum atomic E-state index is 10.9. The Labute approximate surface area is 118 Å². The molecule has 6 nitrogen and oxygen atoms in total. The zero-order valence-corrected chi connectivity index (χ0v) is 12.0. The highest BCUT2D eigenvalue weighted by atomic mass is 16.5. The number of nitrogens with one attached hydrogen (secondary N) is 2. The molecule has 20 heavy (non-hydrogen) atoms. The van der Waals surface area contributed by atoms with Gasteiger partial charge in [-0.15, -0.1) is 0 Å².